The summed E-state index contributed by atoms with van der Waals surface area (Å²) < 4.78 is 23.2. The number of methoxy groups -OCH3 is 3. The summed E-state index contributed by atoms with van der Waals surface area (Å²) in [7, 11) is 4.61. The topological polar surface area (TPSA) is 107 Å². The first-order valence-corrected chi connectivity index (χ1v) is 15.2. The first kappa shape index (κ1) is 33.5. The van der Waals surface area contributed by atoms with Crippen molar-refractivity contribution in [3.05, 3.63) is 57.4 Å². The molecule has 1 aliphatic heterocycles. The van der Waals surface area contributed by atoms with Gasteiger partial charge in [0.15, 0.2) is 0 Å². The number of aryl methyl sites for hydroxylation is 1. The average molecular weight is 649 g/mol. The number of carbonyl (C=O) groups excluding carboxylic acids is 1. The highest BCUT2D eigenvalue weighted by atomic mass is 35.5. The highest BCUT2D eigenvalue weighted by Gasteiger charge is 2.23. The fourth-order valence-electron chi connectivity index (χ4n) is 5.16. The van der Waals surface area contributed by atoms with Crippen molar-refractivity contribution in [1.29, 1.82) is 0 Å². The summed E-state index contributed by atoms with van der Waals surface area (Å²) in [5.74, 6) is 1.25. The Bertz CT molecular complexity index is 1500. The molecule has 0 unspecified atom stereocenters. The lowest BCUT2D eigenvalue weighted by Gasteiger charge is -2.34. The molecule has 0 saturated carbocycles. The van der Waals surface area contributed by atoms with Crippen LogP contribution in [0.4, 0.5) is 5.82 Å². The van der Waals surface area contributed by atoms with Gasteiger partial charge in [-0.1, -0.05) is 29.8 Å². The standard InChI is InChI=1S/C31H39Cl2N5O6/c1-5-27(39)37-12-10-36(11-13-37)8-6-9-38-23-18-26(34-7-14-44-16-15-41-2)35-20-21(23)17-22(31(38)40)28-29(32)24(42-3)19-25(43-4)30(28)33/h5,17-20H,1,6-16H2,2-4H3,(H,34,35). The van der Waals surface area contributed by atoms with E-state index in [4.69, 9.17) is 42.1 Å². The number of carbonyl (C=O) groups is 1. The van der Waals surface area contributed by atoms with Crippen LogP contribution in [0.5, 0.6) is 11.5 Å². The minimum atomic E-state index is -0.252. The molecule has 0 spiro atoms. The van der Waals surface area contributed by atoms with Crippen molar-refractivity contribution in [1.82, 2.24) is 19.4 Å². The molecule has 1 aromatic carbocycles. The monoisotopic (exact) mass is 647 g/mol. The molecule has 13 heteroatoms. The molecule has 1 aliphatic rings. The largest absolute Gasteiger partial charge is 0.495 e. The molecular weight excluding hydrogens is 609 g/mol. The van der Waals surface area contributed by atoms with E-state index >= 15 is 0 Å². The number of halogens is 2. The number of hydrogen-bond acceptors (Lipinski definition) is 9. The highest BCUT2D eigenvalue weighted by molar-refractivity contribution is 6.41. The van der Waals surface area contributed by atoms with Gasteiger partial charge in [0.2, 0.25) is 5.91 Å². The molecule has 2 aromatic heterocycles. The zero-order valence-electron chi connectivity index (χ0n) is 25.4. The van der Waals surface area contributed by atoms with Gasteiger partial charge in [-0.05, 0) is 25.1 Å². The number of hydrogen-bond donors (Lipinski definition) is 1. The third-order valence-corrected chi connectivity index (χ3v) is 8.27. The van der Waals surface area contributed by atoms with Crippen LogP contribution in [0, 0.1) is 0 Å². The van der Waals surface area contributed by atoms with Gasteiger partial charge < -0.3 is 33.7 Å². The van der Waals surface area contributed by atoms with E-state index in [1.165, 1.54) is 20.3 Å². The molecule has 1 fully saturated rings. The van der Waals surface area contributed by atoms with Gasteiger partial charge >= 0.3 is 0 Å². The Labute approximate surface area is 267 Å². The van der Waals surface area contributed by atoms with Crippen molar-refractivity contribution in [3.63, 3.8) is 0 Å². The van der Waals surface area contributed by atoms with Crippen LogP contribution in [0.25, 0.3) is 22.0 Å². The maximum absolute atomic E-state index is 14.2. The minimum absolute atomic E-state index is 0.0504. The fourth-order valence-corrected chi connectivity index (χ4v) is 5.87. The maximum atomic E-state index is 14.2. The van der Waals surface area contributed by atoms with Gasteiger partial charge in [-0.3, -0.25) is 14.5 Å². The van der Waals surface area contributed by atoms with Gasteiger partial charge in [0.05, 0.1) is 55.2 Å². The van der Waals surface area contributed by atoms with Crippen molar-refractivity contribution in [2.24, 2.45) is 0 Å². The molecule has 238 valence electrons. The fraction of sp³-hybridized carbons (Fsp3) is 0.452. The molecule has 1 N–H and O–H groups in total. The number of anilines is 1. The molecular formula is C31H39Cl2N5O6. The van der Waals surface area contributed by atoms with E-state index in [9.17, 15) is 9.59 Å². The summed E-state index contributed by atoms with van der Waals surface area (Å²) in [5.41, 5.74) is 1.12. The van der Waals surface area contributed by atoms with E-state index in [0.29, 0.717) is 80.9 Å². The number of nitrogens with one attached hydrogen (secondary N) is 1. The third kappa shape index (κ3) is 7.83. The van der Waals surface area contributed by atoms with Gasteiger partial charge in [0, 0.05) is 75.7 Å². The van der Waals surface area contributed by atoms with Gasteiger partial charge in [-0.2, -0.15) is 0 Å². The van der Waals surface area contributed by atoms with Crippen LogP contribution in [0.3, 0.4) is 0 Å². The minimum Gasteiger partial charge on any atom is -0.495 e. The number of nitrogens with zero attached hydrogens (tertiary/aromatic N) is 4. The van der Waals surface area contributed by atoms with Crippen LogP contribution in [0.15, 0.2) is 41.8 Å². The lowest BCUT2D eigenvalue weighted by atomic mass is 10.0. The lowest BCUT2D eigenvalue weighted by Crippen LogP contribution is -2.48. The van der Waals surface area contributed by atoms with Crippen LogP contribution in [-0.2, 0) is 20.8 Å². The van der Waals surface area contributed by atoms with E-state index in [1.807, 2.05) is 6.07 Å². The third-order valence-electron chi connectivity index (χ3n) is 7.52. The molecule has 0 aliphatic carbocycles. The average Bonchev–Trinajstić information content (AvgIpc) is 3.04. The molecule has 1 amide bonds. The Hall–Kier alpha value is -3.35. The summed E-state index contributed by atoms with van der Waals surface area (Å²) in [6.07, 6.45) is 3.77. The molecule has 0 radical (unpaired) electrons. The van der Waals surface area contributed by atoms with E-state index in [0.717, 1.165) is 30.5 Å². The zero-order valence-corrected chi connectivity index (χ0v) is 26.9. The van der Waals surface area contributed by atoms with E-state index in [1.54, 1.807) is 34.9 Å². The second kappa shape index (κ2) is 16.1. The van der Waals surface area contributed by atoms with Crippen molar-refractivity contribution < 1.29 is 23.7 Å². The zero-order chi connectivity index (χ0) is 31.6. The summed E-state index contributed by atoms with van der Waals surface area (Å²) in [4.78, 5) is 34.8. The number of piperazine rings is 1. The number of rotatable bonds is 15. The highest BCUT2D eigenvalue weighted by Crippen LogP contribution is 2.45. The van der Waals surface area contributed by atoms with Crippen molar-refractivity contribution in [3.8, 4) is 22.6 Å². The first-order chi connectivity index (χ1) is 21.3. The molecule has 0 atom stereocenters. The molecule has 11 nitrogen and oxygen atoms in total. The van der Waals surface area contributed by atoms with Crippen LogP contribution in [0.1, 0.15) is 6.42 Å². The lowest BCUT2D eigenvalue weighted by molar-refractivity contribution is -0.127. The Morgan fingerprint density at radius 1 is 1.00 bits per heavy atom. The molecule has 44 heavy (non-hydrogen) atoms. The Morgan fingerprint density at radius 3 is 2.34 bits per heavy atom. The number of aromatic nitrogens is 2. The number of amides is 1. The summed E-state index contributed by atoms with van der Waals surface area (Å²) in [5, 5.41) is 4.44. The summed E-state index contributed by atoms with van der Waals surface area (Å²) in [6.45, 7) is 9.65. The Morgan fingerprint density at radius 2 is 1.70 bits per heavy atom. The predicted octanol–water partition coefficient (Wildman–Crippen LogP) is 4.18. The van der Waals surface area contributed by atoms with Crippen molar-refractivity contribution in [2.45, 2.75) is 13.0 Å². The van der Waals surface area contributed by atoms with Gasteiger partial charge in [0.25, 0.3) is 5.56 Å². The summed E-state index contributed by atoms with van der Waals surface area (Å²) >= 11 is 13.5. The van der Waals surface area contributed by atoms with E-state index in [-0.39, 0.29) is 21.5 Å². The predicted molar refractivity (Wildman–Crippen MR) is 174 cm³/mol. The SMILES string of the molecule is C=CC(=O)N1CCN(CCCn2c(=O)c(-c3c(Cl)c(OC)cc(OC)c3Cl)cc3cnc(NCCOCCOC)cc32)CC1. The van der Waals surface area contributed by atoms with Crippen LogP contribution < -0.4 is 20.3 Å². The number of benzene rings is 1. The molecule has 0 bridgehead atoms. The van der Waals surface area contributed by atoms with Gasteiger partial charge in [0.1, 0.15) is 17.3 Å². The summed E-state index contributed by atoms with van der Waals surface area (Å²) in [6, 6.07) is 5.21. The maximum Gasteiger partial charge on any atom is 0.259 e. The van der Waals surface area contributed by atoms with Gasteiger partial charge in [-0.25, -0.2) is 4.98 Å². The molecule has 4 rings (SSSR count). The van der Waals surface area contributed by atoms with Crippen LogP contribution in [0.2, 0.25) is 10.0 Å². The number of ether oxygens (including phenoxy) is 4. The Balaban J connectivity index is 1.66. The van der Waals surface area contributed by atoms with Gasteiger partial charge in [-0.15, -0.1) is 0 Å². The van der Waals surface area contributed by atoms with Crippen LogP contribution >= 0.6 is 23.2 Å². The Kier molecular flexibility index (Phi) is 12.3. The normalized spacial score (nSPS) is 13.7. The molecule has 1 saturated heterocycles. The van der Waals surface area contributed by atoms with Crippen LogP contribution in [-0.4, -0.2) is 106 Å². The quantitative estimate of drug-likeness (QED) is 0.192. The smallest absolute Gasteiger partial charge is 0.259 e. The number of fused-ring (bicyclic) bond motifs is 1. The second-order valence-corrected chi connectivity index (χ2v) is 10.9. The van der Waals surface area contributed by atoms with Crippen molar-refractivity contribution >= 4 is 45.8 Å². The van der Waals surface area contributed by atoms with E-state index < -0.39 is 0 Å². The first-order valence-electron chi connectivity index (χ1n) is 14.4. The number of pyridine rings is 2. The van der Waals surface area contributed by atoms with E-state index in [2.05, 4.69) is 21.8 Å². The second-order valence-electron chi connectivity index (χ2n) is 10.2. The molecule has 3 aromatic rings. The van der Waals surface area contributed by atoms with Crippen molar-refractivity contribution in [2.75, 3.05) is 85.7 Å². The molecule has 3 heterocycles.